The number of aromatic nitrogens is 1. The third-order valence-corrected chi connectivity index (χ3v) is 1.80. The Balaban J connectivity index is 2.86. The monoisotopic (exact) mass is 227 g/mol. The molecule has 1 aromatic heterocycles. The van der Waals surface area contributed by atoms with Crippen LogP contribution in [-0.4, -0.2) is 22.7 Å². The zero-order valence-electron chi connectivity index (χ0n) is 8.11. The summed E-state index contributed by atoms with van der Waals surface area (Å²) in [4.78, 5) is 14.2. The summed E-state index contributed by atoms with van der Waals surface area (Å²) in [5, 5.41) is 8.64. The van der Waals surface area contributed by atoms with Crippen LogP contribution in [0.2, 0.25) is 5.15 Å². The molecule has 0 saturated heterocycles. The van der Waals surface area contributed by atoms with Gasteiger partial charge in [0.25, 0.3) is 0 Å². The van der Waals surface area contributed by atoms with Gasteiger partial charge >= 0.3 is 5.97 Å². The number of nitrogens with zero attached hydrogens (tertiary/aromatic N) is 1. The van der Waals surface area contributed by atoms with Crippen molar-refractivity contribution in [3.8, 4) is 5.75 Å². The third kappa shape index (κ3) is 3.59. The minimum absolute atomic E-state index is 0.226. The summed E-state index contributed by atoms with van der Waals surface area (Å²) >= 11 is 5.81. The van der Waals surface area contributed by atoms with Gasteiger partial charge in [-0.2, -0.15) is 0 Å². The van der Waals surface area contributed by atoms with E-state index in [9.17, 15) is 4.79 Å². The molecule has 80 valence electrons. The smallest absolute Gasteiger partial charge is 0.328 e. The maximum atomic E-state index is 10.3. The van der Waals surface area contributed by atoms with Crippen LogP contribution in [0, 0.1) is 0 Å². The lowest BCUT2D eigenvalue weighted by Gasteiger charge is -2.04. The first kappa shape index (κ1) is 11.5. The first-order valence-corrected chi connectivity index (χ1v) is 4.71. The number of rotatable bonds is 4. The molecule has 0 amide bonds. The van der Waals surface area contributed by atoms with Crippen molar-refractivity contribution in [1.82, 2.24) is 4.98 Å². The van der Waals surface area contributed by atoms with Crippen molar-refractivity contribution in [2.75, 3.05) is 6.61 Å². The van der Waals surface area contributed by atoms with E-state index in [2.05, 4.69) is 4.98 Å². The number of hydrogen-bond acceptors (Lipinski definition) is 3. The van der Waals surface area contributed by atoms with Crippen molar-refractivity contribution >= 4 is 23.6 Å². The standard InChI is InChI=1S/C10H10ClNO3/c1-2-15-8-5-3-7(12-10(8)11)4-6-9(13)14/h3-6H,2H2,1H3,(H,13,14). The Kier molecular flexibility index (Phi) is 4.12. The van der Waals surface area contributed by atoms with Crippen LogP contribution in [-0.2, 0) is 4.79 Å². The summed E-state index contributed by atoms with van der Waals surface area (Å²) in [6.07, 6.45) is 2.36. The normalized spacial score (nSPS) is 10.5. The summed E-state index contributed by atoms with van der Waals surface area (Å²) in [5.41, 5.74) is 0.478. The molecule has 15 heavy (non-hydrogen) atoms. The van der Waals surface area contributed by atoms with E-state index < -0.39 is 5.97 Å². The second-order valence-corrected chi connectivity index (χ2v) is 2.99. The van der Waals surface area contributed by atoms with E-state index in [0.717, 1.165) is 6.08 Å². The maximum absolute atomic E-state index is 10.3. The highest BCUT2D eigenvalue weighted by molar-refractivity contribution is 6.30. The lowest BCUT2D eigenvalue weighted by Crippen LogP contribution is -1.94. The van der Waals surface area contributed by atoms with Crippen molar-refractivity contribution in [1.29, 1.82) is 0 Å². The fraction of sp³-hybridized carbons (Fsp3) is 0.200. The highest BCUT2D eigenvalue weighted by Crippen LogP contribution is 2.22. The van der Waals surface area contributed by atoms with Crippen molar-refractivity contribution in [3.63, 3.8) is 0 Å². The Hall–Kier alpha value is -1.55. The van der Waals surface area contributed by atoms with Gasteiger partial charge in [0.15, 0.2) is 10.9 Å². The van der Waals surface area contributed by atoms with E-state index in [4.69, 9.17) is 21.4 Å². The molecule has 1 N–H and O–H groups in total. The van der Waals surface area contributed by atoms with E-state index in [1.165, 1.54) is 6.08 Å². The van der Waals surface area contributed by atoms with Gasteiger partial charge < -0.3 is 9.84 Å². The number of carboxylic acids is 1. The largest absolute Gasteiger partial charge is 0.491 e. The van der Waals surface area contributed by atoms with Gasteiger partial charge in [-0.3, -0.25) is 0 Å². The Morgan fingerprint density at radius 1 is 1.67 bits per heavy atom. The number of ether oxygens (including phenoxy) is 1. The molecule has 0 unspecified atom stereocenters. The quantitative estimate of drug-likeness (QED) is 0.633. The van der Waals surface area contributed by atoms with Gasteiger partial charge in [0.1, 0.15) is 0 Å². The highest BCUT2D eigenvalue weighted by Gasteiger charge is 2.02. The molecule has 0 aliphatic carbocycles. The first-order chi connectivity index (χ1) is 7.13. The van der Waals surface area contributed by atoms with E-state index >= 15 is 0 Å². The molecule has 0 fully saturated rings. The molecule has 1 heterocycles. The Morgan fingerprint density at radius 3 is 2.93 bits per heavy atom. The fourth-order valence-electron chi connectivity index (χ4n) is 0.948. The SMILES string of the molecule is CCOc1ccc(C=CC(=O)O)nc1Cl. The molecule has 1 rings (SSSR count). The predicted molar refractivity (Wildman–Crippen MR) is 57.1 cm³/mol. The summed E-state index contributed by atoms with van der Waals surface area (Å²) in [6, 6.07) is 3.29. The van der Waals surface area contributed by atoms with Crippen molar-refractivity contribution < 1.29 is 14.6 Å². The molecule has 0 spiro atoms. The Labute approximate surface area is 92.2 Å². The second kappa shape index (κ2) is 5.36. The Bertz CT molecular complexity index is 390. The summed E-state index contributed by atoms with van der Waals surface area (Å²) in [7, 11) is 0. The zero-order valence-corrected chi connectivity index (χ0v) is 8.86. The van der Waals surface area contributed by atoms with Gasteiger partial charge in [-0.15, -0.1) is 0 Å². The van der Waals surface area contributed by atoms with Gasteiger partial charge in [0, 0.05) is 6.08 Å². The summed E-state index contributed by atoms with van der Waals surface area (Å²) < 4.78 is 5.18. The van der Waals surface area contributed by atoms with Crippen LogP contribution < -0.4 is 4.74 Å². The Morgan fingerprint density at radius 2 is 2.40 bits per heavy atom. The van der Waals surface area contributed by atoms with E-state index in [-0.39, 0.29) is 5.15 Å². The molecule has 0 bridgehead atoms. The third-order valence-electron chi connectivity index (χ3n) is 1.53. The van der Waals surface area contributed by atoms with Crippen molar-refractivity contribution in [3.05, 3.63) is 29.1 Å². The predicted octanol–water partition coefficient (Wildman–Crippen LogP) is 2.23. The summed E-state index contributed by atoms with van der Waals surface area (Å²) in [5.74, 6) is -0.534. The molecular weight excluding hydrogens is 218 g/mol. The average Bonchev–Trinajstić information content (AvgIpc) is 2.19. The topological polar surface area (TPSA) is 59.4 Å². The van der Waals surface area contributed by atoms with E-state index in [0.29, 0.717) is 18.1 Å². The van der Waals surface area contributed by atoms with E-state index in [1.54, 1.807) is 12.1 Å². The summed E-state index contributed by atoms with van der Waals surface area (Å²) in [6.45, 7) is 2.35. The van der Waals surface area contributed by atoms with Crippen LogP contribution in [0.5, 0.6) is 5.75 Å². The van der Waals surface area contributed by atoms with Crippen molar-refractivity contribution in [2.24, 2.45) is 0 Å². The first-order valence-electron chi connectivity index (χ1n) is 4.34. The van der Waals surface area contributed by atoms with Crippen LogP contribution in [0.3, 0.4) is 0 Å². The lowest BCUT2D eigenvalue weighted by atomic mass is 10.3. The van der Waals surface area contributed by atoms with Gasteiger partial charge in [-0.25, -0.2) is 9.78 Å². The molecule has 0 aliphatic rings. The number of hydrogen-bond donors (Lipinski definition) is 1. The van der Waals surface area contributed by atoms with Crippen LogP contribution in [0.4, 0.5) is 0 Å². The number of pyridine rings is 1. The lowest BCUT2D eigenvalue weighted by molar-refractivity contribution is -0.131. The minimum Gasteiger partial charge on any atom is -0.491 e. The number of carboxylic acid groups (broad SMARTS) is 1. The zero-order chi connectivity index (χ0) is 11.3. The second-order valence-electron chi connectivity index (χ2n) is 2.63. The van der Waals surface area contributed by atoms with Gasteiger partial charge in [0.2, 0.25) is 0 Å². The molecule has 0 aromatic carbocycles. The molecular formula is C10H10ClNO3. The van der Waals surface area contributed by atoms with Crippen LogP contribution in [0.15, 0.2) is 18.2 Å². The fourth-order valence-corrected chi connectivity index (χ4v) is 1.16. The number of carbonyl (C=O) groups is 1. The van der Waals surface area contributed by atoms with Gasteiger partial charge in [-0.05, 0) is 25.1 Å². The number of aliphatic carboxylic acids is 1. The van der Waals surface area contributed by atoms with Crippen molar-refractivity contribution in [2.45, 2.75) is 6.92 Å². The van der Waals surface area contributed by atoms with Crippen LogP contribution >= 0.6 is 11.6 Å². The average molecular weight is 228 g/mol. The van der Waals surface area contributed by atoms with Crippen LogP contribution in [0.1, 0.15) is 12.6 Å². The minimum atomic E-state index is -1.03. The number of halogens is 1. The molecule has 0 atom stereocenters. The molecule has 0 radical (unpaired) electrons. The molecule has 5 heteroatoms. The van der Waals surface area contributed by atoms with Gasteiger partial charge in [0.05, 0.1) is 12.3 Å². The van der Waals surface area contributed by atoms with Crippen LogP contribution in [0.25, 0.3) is 6.08 Å². The molecule has 1 aromatic rings. The molecule has 0 saturated carbocycles. The van der Waals surface area contributed by atoms with Gasteiger partial charge in [-0.1, -0.05) is 11.6 Å². The highest BCUT2D eigenvalue weighted by atomic mass is 35.5. The molecule has 4 nitrogen and oxygen atoms in total. The maximum Gasteiger partial charge on any atom is 0.328 e. The molecule has 0 aliphatic heterocycles. The van der Waals surface area contributed by atoms with E-state index in [1.807, 2.05) is 6.92 Å².